The Kier molecular flexibility index (Phi) is 8.56. The Bertz CT molecular complexity index is 891. The first kappa shape index (κ1) is 22.6. The van der Waals surface area contributed by atoms with Crippen LogP contribution in [-0.4, -0.2) is 37.0 Å². The minimum Gasteiger partial charge on any atom is -0.462 e. The number of benzene rings is 2. The van der Waals surface area contributed by atoms with Gasteiger partial charge in [0.05, 0.1) is 18.6 Å². The molecule has 0 aromatic heterocycles. The molecule has 30 heavy (non-hydrogen) atoms. The van der Waals surface area contributed by atoms with E-state index >= 15 is 0 Å². The van der Waals surface area contributed by atoms with Gasteiger partial charge in [0.1, 0.15) is 0 Å². The fraction of sp³-hybridized carbons (Fsp3) is 0.273. The zero-order chi connectivity index (χ0) is 21.9. The molecule has 158 valence electrons. The summed E-state index contributed by atoms with van der Waals surface area (Å²) in [5, 5.41) is 5.22. The summed E-state index contributed by atoms with van der Waals surface area (Å²) in [5.41, 5.74) is 2.18. The maximum absolute atomic E-state index is 12.0. The molecule has 8 heteroatoms. The SMILES string of the molecule is CCCOC(=O)c1ccc(NC(=O)COC(=O)Cc2ccc(NC(C)=O)cc2)cc1. The molecule has 8 nitrogen and oxygen atoms in total. The number of anilines is 2. The van der Waals surface area contributed by atoms with E-state index in [-0.39, 0.29) is 12.3 Å². The van der Waals surface area contributed by atoms with Crippen LogP contribution in [0.2, 0.25) is 0 Å². The topological polar surface area (TPSA) is 111 Å². The fourth-order valence-corrected chi connectivity index (χ4v) is 2.44. The molecule has 0 fully saturated rings. The third kappa shape index (κ3) is 7.75. The van der Waals surface area contributed by atoms with Gasteiger partial charge in [-0.05, 0) is 48.4 Å². The zero-order valence-corrected chi connectivity index (χ0v) is 16.9. The Hall–Kier alpha value is -3.68. The Morgan fingerprint density at radius 2 is 1.43 bits per heavy atom. The van der Waals surface area contributed by atoms with Crippen molar-refractivity contribution < 1.29 is 28.7 Å². The minimum absolute atomic E-state index is 0.00218. The third-order valence-electron chi connectivity index (χ3n) is 3.83. The quantitative estimate of drug-likeness (QED) is 0.613. The molecule has 0 saturated carbocycles. The molecule has 0 saturated heterocycles. The molecule has 0 radical (unpaired) electrons. The molecule has 0 spiro atoms. The van der Waals surface area contributed by atoms with E-state index in [0.29, 0.717) is 29.1 Å². The van der Waals surface area contributed by atoms with E-state index in [9.17, 15) is 19.2 Å². The number of rotatable bonds is 9. The Morgan fingerprint density at radius 1 is 0.833 bits per heavy atom. The van der Waals surface area contributed by atoms with Crippen LogP contribution in [0.15, 0.2) is 48.5 Å². The molecule has 2 amide bonds. The Labute approximate surface area is 174 Å². The second kappa shape index (κ2) is 11.4. The van der Waals surface area contributed by atoms with Gasteiger partial charge in [-0.2, -0.15) is 0 Å². The molecule has 0 aliphatic heterocycles. The zero-order valence-electron chi connectivity index (χ0n) is 16.9. The van der Waals surface area contributed by atoms with Crippen LogP contribution in [0.25, 0.3) is 0 Å². The van der Waals surface area contributed by atoms with Crippen LogP contribution < -0.4 is 10.6 Å². The smallest absolute Gasteiger partial charge is 0.338 e. The van der Waals surface area contributed by atoms with Gasteiger partial charge in [0.15, 0.2) is 6.61 Å². The summed E-state index contributed by atoms with van der Waals surface area (Å²) >= 11 is 0. The normalized spacial score (nSPS) is 10.1. The van der Waals surface area contributed by atoms with Gasteiger partial charge in [0.2, 0.25) is 5.91 Å². The first-order valence-electron chi connectivity index (χ1n) is 9.46. The van der Waals surface area contributed by atoms with E-state index in [4.69, 9.17) is 9.47 Å². The van der Waals surface area contributed by atoms with Crippen LogP contribution in [0.5, 0.6) is 0 Å². The molecular weight excluding hydrogens is 388 g/mol. The average molecular weight is 412 g/mol. The van der Waals surface area contributed by atoms with Crippen molar-refractivity contribution in [2.24, 2.45) is 0 Å². The fourth-order valence-electron chi connectivity index (χ4n) is 2.44. The Balaban J connectivity index is 1.76. The van der Waals surface area contributed by atoms with Crippen LogP contribution in [-0.2, 0) is 30.3 Å². The number of hydrogen-bond donors (Lipinski definition) is 2. The molecule has 2 aromatic carbocycles. The van der Waals surface area contributed by atoms with Crippen molar-refractivity contribution in [2.45, 2.75) is 26.7 Å². The predicted octanol–water partition coefficient (Wildman–Crippen LogP) is 2.94. The molecule has 2 N–H and O–H groups in total. The van der Waals surface area contributed by atoms with Crippen molar-refractivity contribution >= 4 is 35.1 Å². The summed E-state index contributed by atoms with van der Waals surface area (Å²) < 4.78 is 10.0. The van der Waals surface area contributed by atoms with Gasteiger partial charge in [0, 0.05) is 18.3 Å². The van der Waals surface area contributed by atoms with E-state index in [1.165, 1.54) is 6.92 Å². The van der Waals surface area contributed by atoms with Crippen molar-refractivity contribution in [3.05, 3.63) is 59.7 Å². The number of carbonyl (C=O) groups is 4. The molecule has 2 aromatic rings. The van der Waals surface area contributed by atoms with Crippen LogP contribution >= 0.6 is 0 Å². The van der Waals surface area contributed by atoms with Crippen LogP contribution in [0.1, 0.15) is 36.2 Å². The molecule has 0 aliphatic rings. The molecule has 2 rings (SSSR count). The largest absolute Gasteiger partial charge is 0.462 e. The summed E-state index contributed by atoms with van der Waals surface area (Å²) in [6.07, 6.45) is 0.739. The average Bonchev–Trinajstić information content (AvgIpc) is 2.72. The highest BCUT2D eigenvalue weighted by atomic mass is 16.5. The highest BCUT2D eigenvalue weighted by Gasteiger charge is 2.11. The lowest BCUT2D eigenvalue weighted by Crippen LogP contribution is -2.21. The van der Waals surface area contributed by atoms with Crippen molar-refractivity contribution in [1.82, 2.24) is 0 Å². The van der Waals surface area contributed by atoms with E-state index in [1.54, 1.807) is 48.5 Å². The second-order valence-corrected chi connectivity index (χ2v) is 6.48. The lowest BCUT2D eigenvalue weighted by molar-refractivity contribution is -0.146. The van der Waals surface area contributed by atoms with E-state index in [0.717, 1.165) is 6.42 Å². The molecule has 0 heterocycles. The highest BCUT2D eigenvalue weighted by Crippen LogP contribution is 2.12. The molecule has 0 bridgehead atoms. The van der Waals surface area contributed by atoms with Gasteiger partial charge in [0.25, 0.3) is 5.91 Å². The summed E-state index contributed by atoms with van der Waals surface area (Å²) in [6, 6.07) is 13.0. The van der Waals surface area contributed by atoms with E-state index in [1.807, 2.05) is 6.92 Å². The number of hydrogen-bond acceptors (Lipinski definition) is 6. The van der Waals surface area contributed by atoms with Crippen molar-refractivity contribution in [1.29, 1.82) is 0 Å². The molecule has 0 atom stereocenters. The maximum Gasteiger partial charge on any atom is 0.338 e. The lowest BCUT2D eigenvalue weighted by Gasteiger charge is -2.08. The monoisotopic (exact) mass is 412 g/mol. The summed E-state index contributed by atoms with van der Waals surface area (Å²) in [6.45, 7) is 3.24. The van der Waals surface area contributed by atoms with Gasteiger partial charge in [-0.15, -0.1) is 0 Å². The second-order valence-electron chi connectivity index (χ2n) is 6.48. The van der Waals surface area contributed by atoms with Crippen LogP contribution in [0, 0.1) is 0 Å². The number of carbonyl (C=O) groups excluding carboxylic acids is 4. The number of esters is 2. The number of ether oxygens (including phenoxy) is 2. The van der Waals surface area contributed by atoms with Crippen molar-refractivity contribution in [3.63, 3.8) is 0 Å². The van der Waals surface area contributed by atoms with Gasteiger partial charge < -0.3 is 20.1 Å². The van der Waals surface area contributed by atoms with Crippen LogP contribution in [0.3, 0.4) is 0 Å². The maximum atomic E-state index is 12.0. The van der Waals surface area contributed by atoms with E-state index < -0.39 is 24.5 Å². The number of nitrogens with one attached hydrogen (secondary N) is 2. The van der Waals surface area contributed by atoms with Gasteiger partial charge in [-0.25, -0.2) is 4.79 Å². The van der Waals surface area contributed by atoms with Crippen molar-refractivity contribution in [2.75, 3.05) is 23.8 Å². The lowest BCUT2D eigenvalue weighted by atomic mass is 10.1. The minimum atomic E-state index is -0.550. The first-order valence-corrected chi connectivity index (χ1v) is 9.46. The highest BCUT2D eigenvalue weighted by molar-refractivity contribution is 5.94. The number of amides is 2. The summed E-state index contributed by atoms with van der Waals surface area (Å²) in [7, 11) is 0. The summed E-state index contributed by atoms with van der Waals surface area (Å²) in [4.78, 5) is 46.6. The van der Waals surface area contributed by atoms with Gasteiger partial charge >= 0.3 is 11.9 Å². The van der Waals surface area contributed by atoms with Crippen LogP contribution in [0.4, 0.5) is 11.4 Å². The van der Waals surface area contributed by atoms with Gasteiger partial charge in [-0.3, -0.25) is 14.4 Å². The standard InChI is InChI=1S/C22H24N2O6/c1-3-12-29-22(28)17-6-10-19(11-7-17)24-20(26)14-30-21(27)13-16-4-8-18(9-5-16)23-15(2)25/h4-11H,3,12-14H2,1-2H3,(H,23,25)(H,24,26). The van der Waals surface area contributed by atoms with Crippen molar-refractivity contribution in [3.8, 4) is 0 Å². The third-order valence-corrected chi connectivity index (χ3v) is 3.83. The molecular formula is C22H24N2O6. The van der Waals surface area contributed by atoms with Gasteiger partial charge in [-0.1, -0.05) is 19.1 Å². The molecule has 0 unspecified atom stereocenters. The Morgan fingerprint density at radius 3 is 2.03 bits per heavy atom. The molecule has 0 aliphatic carbocycles. The van der Waals surface area contributed by atoms with E-state index in [2.05, 4.69) is 10.6 Å². The predicted molar refractivity (Wildman–Crippen MR) is 111 cm³/mol. The summed E-state index contributed by atoms with van der Waals surface area (Å²) in [5.74, 6) is -1.65. The first-order chi connectivity index (χ1) is 14.4.